The summed E-state index contributed by atoms with van der Waals surface area (Å²) >= 11 is 16.1. The number of methoxy groups -OCH3 is 1. The van der Waals surface area contributed by atoms with Crippen molar-refractivity contribution in [3.05, 3.63) is 135 Å². The molecule has 0 spiro atoms. The third-order valence-electron chi connectivity index (χ3n) is 20.8. The van der Waals surface area contributed by atoms with Gasteiger partial charge in [0.05, 0.1) is 39.8 Å². The van der Waals surface area contributed by atoms with Crippen LogP contribution in [0.5, 0.6) is 11.5 Å². The molecule has 2 aromatic heterocycles. The molecule has 5 heterocycles. The summed E-state index contributed by atoms with van der Waals surface area (Å²) in [4.78, 5) is 153. The number of halogens is 2. The van der Waals surface area contributed by atoms with Crippen LogP contribution in [0.15, 0.2) is 95.7 Å². The summed E-state index contributed by atoms with van der Waals surface area (Å²) in [6.07, 6.45) is -7.12. The average Bonchev–Trinajstić information content (AvgIpc) is 1.57. The Labute approximate surface area is 666 Å². The molecule has 5 N–H and O–H groups in total. The molecule has 596 valence electrons. The van der Waals surface area contributed by atoms with Crippen LogP contribution in [0.25, 0.3) is 31.3 Å². The Kier molecular flexibility index (Phi) is 27.1. The lowest BCUT2D eigenvalue weighted by atomic mass is 9.89. The largest absolute Gasteiger partial charge is 0.467 e. The average molecular weight is 1620 g/mol. The highest BCUT2D eigenvalue weighted by molar-refractivity contribution is 7.18. The number of ether oxygens (including phenoxy) is 8. The number of amides is 8. The summed E-state index contributed by atoms with van der Waals surface area (Å²) in [5, 5.41) is 13.7. The topological polar surface area (TPSA) is 337 Å². The maximum atomic E-state index is 14.6. The van der Waals surface area contributed by atoms with Gasteiger partial charge in [0.15, 0.2) is 29.8 Å². The van der Waals surface area contributed by atoms with Crippen LogP contribution >= 0.6 is 45.9 Å². The summed E-state index contributed by atoms with van der Waals surface area (Å²) in [6, 6.07) is 24.2. The smallest absolute Gasteiger partial charge is 0.415 e. The van der Waals surface area contributed by atoms with Gasteiger partial charge in [-0.1, -0.05) is 81.4 Å². The van der Waals surface area contributed by atoms with Crippen LogP contribution in [0.1, 0.15) is 130 Å². The number of carbonyl (C=O) groups excluding carboxylic acids is 11. The molecular weight excluding hydrogens is 1520 g/mol. The van der Waals surface area contributed by atoms with E-state index in [9.17, 15) is 52.7 Å². The third kappa shape index (κ3) is 18.5. The van der Waals surface area contributed by atoms with Gasteiger partial charge in [-0.25, -0.2) is 24.0 Å². The molecule has 8 amide bonds. The monoisotopic (exact) mass is 1610 g/mol. The fourth-order valence-electron chi connectivity index (χ4n) is 15.1. The molecule has 1 fully saturated rings. The maximum Gasteiger partial charge on any atom is 0.415 e. The van der Waals surface area contributed by atoms with Crippen LogP contribution < -0.4 is 41.0 Å². The number of nitrogens with one attached hydrogen (secondary N) is 3. The molecular formula is C81H92Cl2N8O19S2. The minimum absolute atomic E-state index is 0.0297. The summed E-state index contributed by atoms with van der Waals surface area (Å²) in [5.41, 5.74) is 15.1. The Bertz CT molecular complexity index is 4700. The molecule has 0 radical (unpaired) electrons. The van der Waals surface area contributed by atoms with Crippen molar-refractivity contribution < 1.29 is 90.6 Å². The first kappa shape index (κ1) is 82.9. The van der Waals surface area contributed by atoms with Crippen molar-refractivity contribution in [1.82, 2.24) is 20.4 Å². The minimum atomic E-state index is -1.54. The Morgan fingerprint density at radius 1 is 0.705 bits per heavy atom. The number of hydrogen-bond donors (Lipinski definition) is 4. The molecule has 1 aliphatic carbocycles. The van der Waals surface area contributed by atoms with Crippen molar-refractivity contribution in [2.45, 2.75) is 142 Å². The number of nitrogens with two attached hydrogens (primary N) is 1. The molecule has 11 rings (SSSR count). The van der Waals surface area contributed by atoms with Crippen LogP contribution in [0.2, 0.25) is 0 Å². The quantitative estimate of drug-likeness (QED) is 0.0141. The number of fused-ring (bicyclic) bond motifs is 9. The number of anilines is 3. The summed E-state index contributed by atoms with van der Waals surface area (Å²) in [6.45, 7) is 12.1. The molecule has 3 aliphatic heterocycles. The molecule has 0 unspecified atom stereocenters. The number of Topliss-reactive ketones (excluding diaryl/α,β-unsaturated/α-hetero) is 1. The standard InChI is InChI=1S/C81H92Cl2N8O19S2/c1-42(2)69(87-79(100)104-39-57-55-20-13-11-18-53(55)54-19-12-14-21-56(54)57)60(94)31-49(17-16-28-85-78(84)99)75(97)86-52-26-24-48(25-27-52)38-105-80(101)88(8)29-30-89(9)81(102)109-62-33-59-68(66-44(4)41-112-74(62)66)51(35-83)37-91(59)64(96)23-15-22-63(95)90-36-50(34-82)67-58(90)32-61(73-65(67)43(3)40-111-73)108-77-45(5)70(106-46(6)92)71(107-47(7)93)72(110-77)76(98)103-10/h11-14,18-21,24-27,32-33,40-42,45,49-51,57,69-72,77H,15-17,22-23,28-31,34-39H2,1-10H3,(H,86,97)(H,87,100)(H3,84,85,99)/t45-,49-,50-,51-,69+,70-,71+,72+,77-/m1/s1. The number of ketones is 1. The van der Waals surface area contributed by atoms with E-state index in [1.165, 1.54) is 53.5 Å². The van der Waals surface area contributed by atoms with Crippen molar-refractivity contribution in [3.63, 3.8) is 0 Å². The predicted molar refractivity (Wildman–Crippen MR) is 423 cm³/mol. The predicted octanol–water partition coefficient (Wildman–Crippen LogP) is 12.9. The van der Waals surface area contributed by atoms with Gasteiger partial charge in [0.2, 0.25) is 24.0 Å². The number of carbonyl (C=O) groups is 11. The second-order valence-corrected chi connectivity index (χ2v) is 31.3. The van der Waals surface area contributed by atoms with Crippen molar-refractivity contribution in [1.29, 1.82) is 0 Å². The van der Waals surface area contributed by atoms with Gasteiger partial charge in [-0.05, 0) is 112 Å². The number of alkyl halides is 2. The zero-order valence-electron chi connectivity index (χ0n) is 63.9. The fourth-order valence-corrected chi connectivity index (χ4v) is 17.6. The van der Waals surface area contributed by atoms with Gasteiger partial charge in [0.1, 0.15) is 19.0 Å². The van der Waals surface area contributed by atoms with Crippen molar-refractivity contribution in [3.8, 4) is 22.6 Å². The number of nitrogens with zero attached hydrogens (tertiary/aromatic N) is 4. The highest BCUT2D eigenvalue weighted by Gasteiger charge is 2.53. The second-order valence-electron chi connectivity index (χ2n) is 28.9. The van der Waals surface area contributed by atoms with Crippen LogP contribution in [-0.2, 0) is 68.6 Å². The fraction of sp³-hybridized carbons (Fsp3) is 0.444. The summed E-state index contributed by atoms with van der Waals surface area (Å²) in [7, 11) is 4.19. The normalized spacial score (nSPS) is 18.6. The van der Waals surface area contributed by atoms with Crippen molar-refractivity contribution in [2.24, 2.45) is 23.5 Å². The van der Waals surface area contributed by atoms with Gasteiger partial charge < -0.3 is 79.2 Å². The van der Waals surface area contributed by atoms with E-state index in [1.807, 2.05) is 73.1 Å². The van der Waals surface area contributed by atoms with Gasteiger partial charge in [0.25, 0.3) is 0 Å². The van der Waals surface area contributed by atoms with Crippen molar-refractivity contribution in [2.75, 3.05) is 87.4 Å². The van der Waals surface area contributed by atoms with Gasteiger partial charge in [-0.3, -0.25) is 28.8 Å². The van der Waals surface area contributed by atoms with Crippen LogP contribution in [0.4, 0.5) is 36.2 Å². The van der Waals surface area contributed by atoms with Crippen LogP contribution in [0, 0.1) is 31.6 Å². The van der Waals surface area contributed by atoms with Gasteiger partial charge in [0, 0.05) is 144 Å². The first-order chi connectivity index (χ1) is 53.6. The van der Waals surface area contributed by atoms with E-state index in [2.05, 4.69) is 16.0 Å². The lowest BCUT2D eigenvalue weighted by Crippen LogP contribution is -2.60. The van der Waals surface area contributed by atoms with E-state index >= 15 is 0 Å². The molecule has 31 heteroatoms. The van der Waals surface area contributed by atoms with E-state index in [1.54, 1.807) is 67.0 Å². The van der Waals surface area contributed by atoms with E-state index in [4.69, 9.17) is 66.8 Å². The summed E-state index contributed by atoms with van der Waals surface area (Å²) in [5.74, 6) is -5.59. The van der Waals surface area contributed by atoms with E-state index < -0.39 is 90.6 Å². The highest BCUT2D eigenvalue weighted by Crippen LogP contribution is 2.52. The molecule has 5 aromatic carbocycles. The number of aryl methyl sites for hydroxylation is 2. The molecule has 1 saturated heterocycles. The summed E-state index contributed by atoms with van der Waals surface area (Å²) < 4.78 is 47.9. The van der Waals surface area contributed by atoms with Gasteiger partial charge in [-0.15, -0.1) is 45.9 Å². The number of thiophene rings is 2. The number of hydrogen-bond acceptors (Lipinski definition) is 21. The second kappa shape index (κ2) is 36.6. The molecule has 0 bridgehead atoms. The number of alkyl carbamates (subject to hydrolysis) is 1. The van der Waals surface area contributed by atoms with E-state index in [-0.39, 0.29) is 137 Å². The number of urea groups is 1. The molecule has 112 heavy (non-hydrogen) atoms. The Morgan fingerprint density at radius 3 is 1.79 bits per heavy atom. The highest BCUT2D eigenvalue weighted by atomic mass is 35.5. The number of rotatable bonds is 30. The third-order valence-corrected chi connectivity index (χ3v) is 23.7. The Hall–Kier alpha value is -10.1. The number of primary amides is 1. The molecule has 9 atom stereocenters. The minimum Gasteiger partial charge on any atom is -0.467 e. The van der Waals surface area contributed by atoms with E-state index in [0.29, 0.717) is 44.2 Å². The van der Waals surface area contributed by atoms with Crippen molar-refractivity contribution >= 4 is 149 Å². The number of likely N-dealkylation sites (N-methyl/N-ethyl adjacent to an activating group) is 2. The van der Waals surface area contributed by atoms with Gasteiger partial charge in [-0.2, -0.15) is 0 Å². The Morgan fingerprint density at radius 2 is 1.25 bits per heavy atom. The van der Waals surface area contributed by atoms with E-state index in [0.717, 1.165) is 69.3 Å². The maximum absolute atomic E-state index is 14.6. The first-order valence-electron chi connectivity index (χ1n) is 37.0. The SMILES string of the molecule is COC(=O)[C@H]1O[C@@H](Oc2cc3c(c4c(C)csc24)[C@H](CCl)CN3C(=O)CCCC(=O)N2C[C@@H](CCl)c3c2cc(OC(=O)N(C)CCN(C)C(=O)OCc2ccc(NC(=O)[C@H](CCCNC(N)=O)CC(=O)[C@@H](NC(=O)OCC4c5ccccc5-c5ccccc54)C(C)C)cc2)c2scc(C)c32)[C@H](C)[C@@H](OC(C)=O)[C@@H]1OC(C)=O. The Balaban J connectivity index is 0.675. The lowest BCUT2D eigenvalue weighted by molar-refractivity contribution is -0.261. The number of benzene rings is 5. The molecule has 0 saturated carbocycles. The van der Waals surface area contributed by atoms with Crippen LogP contribution in [0.3, 0.4) is 0 Å². The lowest BCUT2D eigenvalue weighted by Gasteiger charge is -2.42. The van der Waals surface area contributed by atoms with Gasteiger partial charge >= 0.3 is 42.2 Å². The zero-order valence-corrected chi connectivity index (χ0v) is 67.0. The molecule has 4 aliphatic rings. The zero-order chi connectivity index (χ0) is 80.5. The molecule has 27 nitrogen and oxygen atoms in total. The molecule has 7 aromatic rings. The van der Waals surface area contributed by atoms with Crippen LogP contribution in [-0.4, -0.2) is 178 Å². The number of esters is 3. The first-order valence-corrected chi connectivity index (χ1v) is 39.9.